The smallest absolute Gasteiger partial charge is 0.193 e. The van der Waals surface area contributed by atoms with E-state index < -0.39 is 0 Å². The first-order chi connectivity index (χ1) is 13.2. The van der Waals surface area contributed by atoms with Gasteiger partial charge in [0.05, 0.1) is 13.7 Å². The van der Waals surface area contributed by atoms with Crippen molar-refractivity contribution in [1.82, 2.24) is 25.4 Å². The number of ether oxygens (including phenoxy) is 1. The molecule has 0 fully saturated rings. The van der Waals surface area contributed by atoms with Crippen LogP contribution in [-0.2, 0) is 6.54 Å². The quantitative estimate of drug-likeness (QED) is 0.291. The summed E-state index contributed by atoms with van der Waals surface area (Å²) in [4.78, 5) is 11.0. The minimum atomic E-state index is 0.538. The number of guanidine groups is 1. The number of hydrogen-bond acceptors (Lipinski definition) is 4. The van der Waals surface area contributed by atoms with Crippen LogP contribution in [0.4, 0.5) is 0 Å². The topological polar surface area (TPSA) is 78.4 Å². The van der Waals surface area contributed by atoms with Gasteiger partial charge in [0.15, 0.2) is 11.8 Å². The highest BCUT2D eigenvalue weighted by Crippen LogP contribution is 2.18. The van der Waals surface area contributed by atoms with Crippen molar-refractivity contribution in [1.29, 1.82) is 0 Å². The predicted molar refractivity (Wildman–Crippen MR) is 110 cm³/mol. The van der Waals surface area contributed by atoms with Crippen LogP contribution in [0.15, 0.2) is 41.9 Å². The molecule has 0 atom stereocenters. The third kappa shape index (κ3) is 6.44. The van der Waals surface area contributed by atoms with Crippen molar-refractivity contribution >= 4 is 5.96 Å². The molecule has 0 spiro atoms. The van der Waals surface area contributed by atoms with Crippen LogP contribution in [-0.4, -0.2) is 53.8 Å². The number of H-pyrrole nitrogens is 1. The Kier molecular flexibility index (Phi) is 8.35. The van der Waals surface area contributed by atoms with E-state index in [2.05, 4.69) is 37.0 Å². The maximum absolute atomic E-state index is 5.18. The van der Waals surface area contributed by atoms with Gasteiger partial charge in [-0.05, 0) is 43.5 Å². The number of aromatic amines is 1. The minimum absolute atomic E-state index is 0.538. The first-order valence-electron chi connectivity index (χ1n) is 9.26. The summed E-state index contributed by atoms with van der Waals surface area (Å²) in [6.07, 6.45) is 6.58. The van der Waals surface area contributed by atoms with Crippen molar-refractivity contribution in [3.8, 4) is 17.1 Å². The Morgan fingerprint density at radius 2 is 2.07 bits per heavy atom. The largest absolute Gasteiger partial charge is 0.497 e. The van der Waals surface area contributed by atoms with Gasteiger partial charge in [0.25, 0.3) is 0 Å². The fourth-order valence-electron chi connectivity index (χ4n) is 2.71. The Hall–Kier alpha value is -2.83. The van der Waals surface area contributed by atoms with Gasteiger partial charge in [-0.1, -0.05) is 12.5 Å². The summed E-state index contributed by atoms with van der Waals surface area (Å²) in [5.41, 5.74) is 0.944. The van der Waals surface area contributed by atoms with Crippen LogP contribution in [0.2, 0.25) is 0 Å². The summed E-state index contributed by atoms with van der Waals surface area (Å²) in [6, 6.07) is 7.68. The first-order valence-corrected chi connectivity index (χ1v) is 9.26. The molecule has 1 heterocycles. The lowest BCUT2D eigenvalue weighted by Crippen LogP contribution is -2.39. The van der Waals surface area contributed by atoms with Gasteiger partial charge in [0.2, 0.25) is 0 Å². The summed E-state index contributed by atoms with van der Waals surface area (Å²) in [5, 5.41) is 10.6. The highest BCUT2D eigenvalue weighted by atomic mass is 16.5. The van der Waals surface area contributed by atoms with Crippen LogP contribution < -0.4 is 10.1 Å². The van der Waals surface area contributed by atoms with Crippen LogP contribution in [0.5, 0.6) is 5.75 Å². The summed E-state index contributed by atoms with van der Waals surface area (Å²) < 4.78 is 5.18. The Morgan fingerprint density at radius 3 is 2.74 bits per heavy atom. The molecule has 0 saturated heterocycles. The van der Waals surface area contributed by atoms with E-state index in [4.69, 9.17) is 4.74 Å². The molecule has 0 bridgehead atoms. The fraction of sp³-hybridized carbons (Fsp3) is 0.450. The summed E-state index contributed by atoms with van der Waals surface area (Å²) >= 11 is 0. The molecule has 0 aliphatic carbocycles. The highest BCUT2D eigenvalue weighted by Gasteiger charge is 2.09. The molecule has 2 rings (SSSR count). The molecule has 1 aromatic heterocycles. The lowest BCUT2D eigenvalue weighted by atomic mass is 10.2. The SMILES string of the molecule is C=CCCCCCN(C)C(=NC)NCc1nc(-c2ccc(OC)cc2)n[nH]1. The van der Waals surface area contributed by atoms with Crippen molar-refractivity contribution in [3.05, 3.63) is 42.7 Å². The average Bonchev–Trinajstić information content (AvgIpc) is 3.17. The Labute approximate surface area is 161 Å². The van der Waals surface area contributed by atoms with Crippen LogP contribution in [0.25, 0.3) is 11.4 Å². The monoisotopic (exact) mass is 370 g/mol. The second kappa shape index (κ2) is 11.0. The lowest BCUT2D eigenvalue weighted by Gasteiger charge is -2.21. The van der Waals surface area contributed by atoms with Gasteiger partial charge in [-0.3, -0.25) is 10.1 Å². The molecular formula is C20H30N6O. The third-order valence-electron chi connectivity index (χ3n) is 4.27. The van der Waals surface area contributed by atoms with E-state index in [-0.39, 0.29) is 0 Å². The minimum Gasteiger partial charge on any atom is -0.497 e. The lowest BCUT2D eigenvalue weighted by molar-refractivity contribution is 0.415. The second-order valence-corrected chi connectivity index (χ2v) is 6.29. The Balaban J connectivity index is 1.83. The van der Waals surface area contributed by atoms with Crippen molar-refractivity contribution in [2.75, 3.05) is 27.7 Å². The molecule has 1 aromatic carbocycles. The van der Waals surface area contributed by atoms with Gasteiger partial charge in [-0.25, -0.2) is 4.98 Å². The number of nitrogens with one attached hydrogen (secondary N) is 2. The normalized spacial score (nSPS) is 11.3. The molecular weight excluding hydrogens is 340 g/mol. The highest BCUT2D eigenvalue weighted by molar-refractivity contribution is 5.79. The Morgan fingerprint density at radius 1 is 1.30 bits per heavy atom. The van der Waals surface area contributed by atoms with E-state index in [0.717, 1.165) is 42.5 Å². The number of rotatable bonds is 10. The van der Waals surface area contributed by atoms with Crippen molar-refractivity contribution in [3.63, 3.8) is 0 Å². The molecule has 2 aromatic rings. The van der Waals surface area contributed by atoms with E-state index in [0.29, 0.717) is 12.4 Å². The number of nitrogens with zero attached hydrogens (tertiary/aromatic N) is 4. The number of methoxy groups -OCH3 is 1. The van der Waals surface area contributed by atoms with Crippen LogP contribution in [0.3, 0.4) is 0 Å². The van der Waals surface area contributed by atoms with E-state index in [1.807, 2.05) is 37.4 Å². The number of unbranched alkanes of at least 4 members (excludes halogenated alkanes) is 3. The molecule has 0 amide bonds. The molecule has 7 nitrogen and oxygen atoms in total. The zero-order valence-corrected chi connectivity index (χ0v) is 16.5. The van der Waals surface area contributed by atoms with E-state index in [1.165, 1.54) is 12.8 Å². The van der Waals surface area contributed by atoms with Gasteiger partial charge in [-0.15, -0.1) is 6.58 Å². The third-order valence-corrected chi connectivity index (χ3v) is 4.27. The fourth-order valence-corrected chi connectivity index (χ4v) is 2.71. The second-order valence-electron chi connectivity index (χ2n) is 6.29. The standard InChI is InChI=1S/C20H30N6O/c1-5-6-7-8-9-14-26(3)20(21-2)22-15-18-23-19(25-24-18)16-10-12-17(27-4)13-11-16/h5,10-13H,1,6-9,14-15H2,2-4H3,(H,21,22)(H,23,24,25). The van der Waals surface area contributed by atoms with Crippen molar-refractivity contribution in [2.45, 2.75) is 32.2 Å². The summed E-state index contributed by atoms with van der Waals surface area (Å²) in [5.74, 6) is 3.09. The average molecular weight is 371 g/mol. The zero-order chi connectivity index (χ0) is 19.5. The number of aliphatic imine (C=N–C) groups is 1. The molecule has 0 saturated carbocycles. The number of allylic oxidation sites excluding steroid dienone is 1. The molecule has 7 heteroatoms. The summed E-state index contributed by atoms with van der Waals surface area (Å²) in [7, 11) is 5.49. The van der Waals surface area contributed by atoms with E-state index >= 15 is 0 Å². The maximum atomic E-state index is 5.18. The molecule has 27 heavy (non-hydrogen) atoms. The Bertz CT molecular complexity index is 722. The van der Waals surface area contributed by atoms with Crippen LogP contribution >= 0.6 is 0 Å². The maximum Gasteiger partial charge on any atom is 0.193 e. The van der Waals surface area contributed by atoms with Gasteiger partial charge in [0.1, 0.15) is 11.6 Å². The van der Waals surface area contributed by atoms with E-state index in [1.54, 1.807) is 14.2 Å². The van der Waals surface area contributed by atoms with Gasteiger partial charge in [-0.2, -0.15) is 5.10 Å². The zero-order valence-electron chi connectivity index (χ0n) is 16.5. The van der Waals surface area contributed by atoms with Crippen LogP contribution in [0, 0.1) is 0 Å². The van der Waals surface area contributed by atoms with Gasteiger partial charge >= 0.3 is 0 Å². The molecule has 0 aliphatic heterocycles. The van der Waals surface area contributed by atoms with Crippen molar-refractivity contribution in [2.24, 2.45) is 4.99 Å². The van der Waals surface area contributed by atoms with Crippen molar-refractivity contribution < 1.29 is 4.74 Å². The number of benzene rings is 1. The molecule has 0 unspecified atom stereocenters. The van der Waals surface area contributed by atoms with E-state index in [9.17, 15) is 0 Å². The summed E-state index contributed by atoms with van der Waals surface area (Å²) in [6.45, 7) is 5.26. The first kappa shape index (κ1) is 20.5. The van der Waals surface area contributed by atoms with Gasteiger partial charge in [0, 0.05) is 26.2 Å². The molecule has 146 valence electrons. The van der Waals surface area contributed by atoms with Crippen LogP contribution in [0.1, 0.15) is 31.5 Å². The predicted octanol–water partition coefficient (Wildman–Crippen LogP) is 3.23. The van der Waals surface area contributed by atoms with Gasteiger partial charge < -0.3 is 15.0 Å². The molecule has 0 radical (unpaired) electrons. The molecule has 2 N–H and O–H groups in total. The number of aromatic nitrogens is 3. The molecule has 0 aliphatic rings. The number of hydrogen-bond donors (Lipinski definition) is 2.